The molecule has 1 aromatic carbocycles. The van der Waals surface area contributed by atoms with E-state index in [-0.39, 0.29) is 0 Å². The van der Waals surface area contributed by atoms with Crippen molar-refractivity contribution in [1.29, 1.82) is 0 Å². The summed E-state index contributed by atoms with van der Waals surface area (Å²) in [5, 5.41) is 0. The molecule has 0 amide bonds. The van der Waals surface area contributed by atoms with Gasteiger partial charge in [-0.05, 0) is 42.9 Å². The van der Waals surface area contributed by atoms with Gasteiger partial charge in [0.1, 0.15) is 12.8 Å². The average molecular weight is 372 g/mol. The predicted molar refractivity (Wildman–Crippen MR) is 97.2 cm³/mol. The number of hydrogen-bond donors (Lipinski definition) is 0. The summed E-state index contributed by atoms with van der Waals surface area (Å²) in [6.45, 7) is 0.810. The van der Waals surface area contributed by atoms with Gasteiger partial charge in [0.15, 0.2) is 18.2 Å². The summed E-state index contributed by atoms with van der Waals surface area (Å²) in [6, 6.07) is 10.2. The lowest BCUT2D eigenvalue weighted by Gasteiger charge is -2.17. The maximum absolute atomic E-state index is 9.00. The Kier molecular flexibility index (Phi) is 5.80. The summed E-state index contributed by atoms with van der Waals surface area (Å²) in [7, 11) is 1.99. The summed E-state index contributed by atoms with van der Waals surface area (Å²) < 4.78 is 31.6. The number of rotatable bonds is 2. The molecule has 0 fully saturated rings. The summed E-state index contributed by atoms with van der Waals surface area (Å²) in [5.41, 5.74) is 3.27. The van der Waals surface area contributed by atoms with Gasteiger partial charge in [-0.15, -0.1) is 0 Å². The van der Waals surface area contributed by atoms with Gasteiger partial charge >= 0.3 is 0 Å². The molecule has 1 unspecified atom stereocenters. The van der Waals surface area contributed by atoms with Gasteiger partial charge in [0.25, 0.3) is 0 Å². The van der Waals surface area contributed by atoms with Crippen molar-refractivity contribution in [3.63, 3.8) is 0 Å². The van der Waals surface area contributed by atoms with Gasteiger partial charge in [0.2, 0.25) is 5.89 Å². The fourth-order valence-corrected chi connectivity index (χ4v) is 2.70. The molecule has 3 heterocycles. The van der Waals surface area contributed by atoms with Crippen molar-refractivity contribution in [2.75, 3.05) is 12.9 Å². The quantitative estimate of drug-likeness (QED) is 0.510. The summed E-state index contributed by atoms with van der Waals surface area (Å²) >= 11 is -1.86. The van der Waals surface area contributed by atoms with Gasteiger partial charge in [-0.2, -0.15) is 0 Å². The molecular formula is C19H20N2O4S. The van der Waals surface area contributed by atoms with Gasteiger partial charge in [0, 0.05) is 23.3 Å². The molecule has 0 bridgehead atoms. The largest absolute Gasteiger partial charge is 0.773 e. The third-order valence-corrected chi connectivity index (χ3v) is 3.92. The van der Waals surface area contributed by atoms with Crippen molar-refractivity contribution in [2.24, 2.45) is 7.05 Å². The van der Waals surface area contributed by atoms with E-state index in [0.29, 0.717) is 5.89 Å². The zero-order valence-electron chi connectivity index (χ0n) is 14.7. The second-order valence-corrected chi connectivity index (χ2v) is 6.76. The van der Waals surface area contributed by atoms with Crippen LogP contribution in [-0.4, -0.2) is 26.6 Å². The molecular weight excluding hydrogens is 352 g/mol. The van der Waals surface area contributed by atoms with E-state index in [1.54, 1.807) is 6.20 Å². The lowest BCUT2D eigenvalue weighted by atomic mass is 10.0. The van der Waals surface area contributed by atoms with Gasteiger partial charge < -0.3 is 13.7 Å². The first kappa shape index (κ1) is 18.3. The average Bonchev–Trinajstić information content (AvgIpc) is 3.11. The predicted octanol–water partition coefficient (Wildman–Crippen LogP) is 2.65. The van der Waals surface area contributed by atoms with Crippen LogP contribution in [0.2, 0.25) is 0 Å². The molecule has 3 aromatic rings. The van der Waals surface area contributed by atoms with E-state index in [9.17, 15) is 0 Å². The Bertz CT molecular complexity index is 902. The minimum absolute atomic E-state index is 0.643. The van der Waals surface area contributed by atoms with E-state index in [1.165, 1.54) is 5.56 Å². The van der Waals surface area contributed by atoms with E-state index in [1.807, 2.05) is 48.3 Å². The number of hydrogen-bond acceptors (Lipinski definition) is 5. The van der Waals surface area contributed by atoms with Crippen LogP contribution in [0.4, 0.5) is 0 Å². The van der Waals surface area contributed by atoms with Crippen LogP contribution in [-0.2, 0) is 24.5 Å². The van der Waals surface area contributed by atoms with Gasteiger partial charge in [-0.25, -0.2) is 9.55 Å². The summed E-state index contributed by atoms with van der Waals surface area (Å²) in [5.74, 6) is 2.42. The molecule has 1 aliphatic heterocycles. The topological polar surface area (TPSA) is 79.3 Å². The van der Waals surface area contributed by atoms with Gasteiger partial charge in [-0.3, -0.25) is 4.21 Å². The minimum Gasteiger partial charge on any atom is -0.773 e. The Balaban J connectivity index is 0.000000447. The minimum atomic E-state index is -1.86. The van der Waals surface area contributed by atoms with Crippen molar-refractivity contribution in [3.8, 4) is 28.5 Å². The van der Waals surface area contributed by atoms with Crippen LogP contribution in [0.1, 0.15) is 12.0 Å². The molecule has 0 aliphatic carbocycles. The zero-order valence-corrected chi connectivity index (χ0v) is 15.5. The van der Waals surface area contributed by atoms with E-state index in [2.05, 4.69) is 11.1 Å². The second-order valence-electron chi connectivity index (χ2n) is 5.96. The van der Waals surface area contributed by atoms with E-state index >= 15 is 0 Å². The molecule has 0 spiro atoms. The highest BCUT2D eigenvalue weighted by Crippen LogP contribution is 2.31. The highest BCUT2D eigenvalue weighted by Gasteiger charge is 2.14. The van der Waals surface area contributed by atoms with Crippen LogP contribution >= 0.6 is 0 Å². The molecule has 7 heteroatoms. The Hall–Kier alpha value is -2.51. The maximum Gasteiger partial charge on any atom is 0.227 e. The van der Waals surface area contributed by atoms with Crippen molar-refractivity contribution in [1.82, 2.24) is 4.98 Å². The van der Waals surface area contributed by atoms with Crippen LogP contribution < -0.4 is 9.30 Å². The van der Waals surface area contributed by atoms with Crippen molar-refractivity contribution in [2.45, 2.75) is 12.8 Å². The maximum atomic E-state index is 9.00. The molecule has 0 radical (unpaired) electrons. The zero-order chi connectivity index (χ0) is 18.5. The Labute approximate surface area is 154 Å². The van der Waals surface area contributed by atoms with Gasteiger partial charge in [0.05, 0.1) is 12.8 Å². The number of aryl methyl sites for hydroxylation is 2. The van der Waals surface area contributed by atoms with E-state index < -0.39 is 11.1 Å². The number of aromatic nitrogens is 2. The number of fused-ring (bicyclic) bond motifs is 1. The molecule has 0 N–H and O–H groups in total. The molecule has 1 aliphatic rings. The smallest absolute Gasteiger partial charge is 0.227 e. The van der Waals surface area contributed by atoms with Crippen molar-refractivity contribution in [3.05, 3.63) is 54.5 Å². The Morgan fingerprint density at radius 1 is 1.19 bits per heavy atom. The van der Waals surface area contributed by atoms with Crippen LogP contribution in [0, 0.1) is 0 Å². The third kappa shape index (κ3) is 4.56. The van der Waals surface area contributed by atoms with Gasteiger partial charge in [-0.1, -0.05) is 11.1 Å². The lowest BCUT2D eigenvalue weighted by molar-refractivity contribution is -0.671. The fourth-order valence-electron chi connectivity index (χ4n) is 2.70. The second kappa shape index (κ2) is 8.25. The van der Waals surface area contributed by atoms with E-state index in [0.717, 1.165) is 48.3 Å². The number of ether oxygens (including phenoxy) is 1. The molecule has 0 saturated carbocycles. The van der Waals surface area contributed by atoms with Crippen molar-refractivity contribution >= 4 is 11.1 Å². The first-order valence-electron chi connectivity index (χ1n) is 8.21. The van der Waals surface area contributed by atoms with E-state index in [4.69, 9.17) is 17.9 Å². The highest BCUT2D eigenvalue weighted by molar-refractivity contribution is 7.78. The summed E-state index contributed by atoms with van der Waals surface area (Å²) in [6.07, 6.45) is 8.96. The molecule has 6 nitrogen and oxygen atoms in total. The SMILES string of the molecule is CS(=O)[O-].C[n+]1ccc(-c2ncc(-c3ccc4c(c3)CCCO4)o2)cc1. The monoisotopic (exact) mass is 372 g/mol. The first-order valence-corrected chi connectivity index (χ1v) is 9.70. The van der Waals surface area contributed by atoms with Crippen LogP contribution in [0.5, 0.6) is 5.75 Å². The molecule has 26 heavy (non-hydrogen) atoms. The fraction of sp³-hybridized carbons (Fsp3) is 0.263. The van der Waals surface area contributed by atoms with Crippen molar-refractivity contribution < 1.29 is 22.5 Å². The molecule has 0 saturated heterocycles. The Morgan fingerprint density at radius 3 is 2.65 bits per heavy atom. The summed E-state index contributed by atoms with van der Waals surface area (Å²) in [4.78, 5) is 4.40. The number of nitrogens with zero attached hydrogens (tertiary/aromatic N) is 2. The third-order valence-electron chi connectivity index (χ3n) is 3.92. The Morgan fingerprint density at radius 2 is 1.92 bits per heavy atom. The lowest BCUT2D eigenvalue weighted by Crippen LogP contribution is -2.25. The number of benzene rings is 1. The first-order chi connectivity index (χ1) is 12.5. The molecule has 1 atom stereocenters. The highest BCUT2D eigenvalue weighted by atomic mass is 32.2. The molecule has 4 rings (SSSR count). The molecule has 2 aromatic heterocycles. The van der Waals surface area contributed by atoms with Crippen LogP contribution in [0.15, 0.2) is 53.3 Å². The standard InChI is InChI=1S/C18H17N2O2.CH4O2S/c1-20-8-6-13(7-9-20)18-19-12-17(22-18)15-4-5-16-14(11-15)3-2-10-21-16;1-4(2)3/h4-9,11-12H,2-3,10H2,1H3;1H3,(H,2,3)/q+1;/p-1. The normalized spacial score (nSPS) is 13.8. The number of pyridine rings is 1. The number of oxazole rings is 1. The van der Waals surface area contributed by atoms with Crippen LogP contribution in [0.3, 0.4) is 0 Å². The molecule has 136 valence electrons. The van der Waals surface area contributed by atoms with Crippen LogP contribution in [0.25, 0.3) is 22.8 Å².